The number of fused-ring (bicyclic) bond motifs is 1. The van der Waals surface area contributed by atoms with E-state index in [1.165, 1.54) is 6.33 Å². The summed E-state index contributed by atoms with van der Waals surface area (Å²) < 4.78 is 0. The Hall–Kier alpha value is -2.28. The molecular weight excluding hydrogens is 256 g/mol. The Bertz CT molecular complexity index is 638. The second kappa shape index (κ2) is 5.38. The fraction of sp³-hybridized carbons (Fsp3) is 0.385. The monoisotopic (exact) mass is 272 g/mol. The number of amides is 1. The number of nitrogens with two attached hydrogens (primary N) is 1. The van der Waals surface area contributed by atoms with E-state index < -0.39 is 5.91 Å². The molecule has 7 heteroatoms. The molecule has 1 fully saturated rings. The van der Waals surface area contributed by atoms with Crippen molar-refractivity contribution in [2.24, 2.45) is 5.73 Å². The molecule has 104 valence electrons. The van der Waals surface area contributed by atoms with Gasteiger partial charge in [0.1, 0.15) is 17.4 Å². The molecule has 1 saturated heterocycles. The van der Waals surface area contributed by atoms with Crippen LogP contribution in [0.15, 0.2) is 18.6 Å². The maximum atomic E-state index is 11.4. The van der Waals surface area contributed by atoms with Crippen molar-refractivity contribution in [3.63, 3.8) is 0 Å². The van der Waals surface area contributed by atoms with Gasteiger partial charge in [-0.05, 0) is 25.5 Å². The second-order valence-electron chi connectivity index (χ2n) is 4.83. The maximum Gasteiger partial charge on any atom is 0.251 e. The van der Waals surface area contributed by atoms with Crippen LogP contribution in [-0.4, -0.2) is 40.0 Å². The highest BCUT2D eigenvalue weighted by Gasteiger charge is 2.17. The van der Waals surface area contributed by atoms with E-state index in [1.54, 1.807) is 12.3 Å². The molecule has 0 aliphatic carbocycles. The highest BCUT2D eigenvalue weighted by atomic mass is 16.1. The van der Waals surface area contributed by atoms with Crippen LogP contribution in [0.2, 0.25) is 0 Å². The summed E-state index contributed by atoms with van der Waals surface area (Å²) >= 11 is 0. The van der Waals surface area contributed by atoms with E-state index in [-0.39, 0.29) is 0 Å². The van der Waals surface area contributed by atoms with E-state index in [2.05, 4.69) is 25.6 Å². The number of nitrogens with zero attached hydrogens (tertiary/aromatic N) is 3. The number of carbonyl (C=O) groups is 1. The Labute approximate surface area is 116 Å². The molecule has 4 N–H and O–H groups in total. The summed E-state index contributed by atoms with van der Waals surface area (Å²) in [6.07, 6.45) is 5.18. The van der Waals surface area contributed by atoms with Crippen LogP contribution in [0, 0.1) is 0 Å². The van der Waals surface area contributed by atoms with Crippen LogP contribution < -0.4 is 16.4 Å². The first kappa shape index (κ1) is 12.7. The highest BCUT2D eigenvalue weighted by Crippen LogP contribution is 2.21. The third-order valence-corrected chi connectivity index (χ3v) is 3.43. The van der Waals surface area contributed by atoms with Crippen LogP contribution in [0.25, 0.3) is 11.0 Å². The molecule has 2 aromatic rings. The summed E-state index contributed by atoms with van der Waals surface area (Å²) in [6.45, 7) is 1.94. The van der Waals surface area contributed by atoms with E-state index >= 15 is 0 Å². The number of carbonyl (C=O) groups excluding carboxylic acids is 1. The van der Waals surface area contributed by atoms with Crippen molar-refractivity contribution in [3.05, 3.63) is 24.2 Å². The van der Waals surface area contributed by atoms with Crippen molar-refractivity contribution in [1.82, 2.24) is 20.3 Å². The summed E-state index contributed by atoms with van der Waals surface area (Å²) in [6, 6.07) is 1.88. The molecular formula is C13H16N6O. The summed E-state index contributed by atoms with van der Waals surface area (Å²) in [5, 5.41) is 6.69. The molecule has 3 rings (SSSR count). The zero-order chi connectivity index (χ0) is 13.9. The molecule has 0 spiro atoms. The Morgan fingerprint density at radius 1 is 1.35 bits per heavy atom. The minimum atomic E-state index is -0.513. The molecule has 3 heterocycles. The molecule has 0 aromatic carbocycles. The molecule has 1 atom stereocenters. The molecule has 7 nitrogen and oxygen atoms in total. The van der Waals surface area contributed by atoms with E-state index in [0.29, 0.717) is 28.5 Å². The zero-order valence-electron chi connectivity index (χ0n) is 11.0. The molecule has 2 aromatic heterocycles. The van der Waals surface area contributed by atoms with Gasteiger partial charge in [-0.2, -0.15) is 0 Å². The third kappa shape index (κ3) is 2.39. The summed E-state index contributed by atoms with van der Waals surface area (Å²) in [5.74, 6) is 0.133. The van der Waals surface area contributed by atoms with E-state index in [9.17, 15) is 4.79 Å². The number of rotatable bonds is 3. The summed E-state index contributed by atoms with van der Waals surface area (Å²) in [7, 11) is 0. The summed E-state index contributed by atoms with van der Waals surface area (Å²) in [4.78, 5) is 24.1. The minimum Gasteiger partial charge on any atom is -0.366 e. The van der Waals surface area contributed by atoms with Gasteiger partial charge >= 0.3 is 0 Å². The largest absolute Gasteiger partial charge is 0.366 e. The lowest BCUT2D eigenvalue weighted by molar-refractivity contribution is 0.100. The van der Waals surface area contributed by atoms with E-state index in [1.807, 2.05) is 0 Å². The number of anilines is 1. The molecule has 1 amide bonds. The number of piperidine rings is 1. The molecule has 0 saturated carbocycles. The standard InChI is InChI=1S/C13H16N6O/c14-12(20)9-3-5-16-11-10(9)17-7-18-13(11)19-8-2-1-4-15-6-8/h3,5,7-8,15H,1-2,4,6H2,(H2,14,20)(H,17,18,19). The average molecular weight is 272 g/mol. The Balaban J connectivity index is 1.98. The van der Waals surface area contributed by atoms with Gasteiger partial charge in [0.15, 0.2) is 5.82 Å². The van der Waals surface area contributed by atoms with Gasteiger partial charge in [0.25, 0.3) is 5.91 Å². The fourth-order valence-electron chi connectivity index (χ4n) is 2.44. The van der Waals surface area contributed by atoms with Crippen molar-refractivity contribution >= 4 is 22.8 Å². The lowest BCUT2D eigenvalue weighted by atomic mass is 10.1. The van der Waals surface area contributed by atoms with Crippen LogP contribution in [0.4, 0.5) is 5.82 Å². The third-order valence-electron chi connectivity index (χ3n) is 3.43. The smallest absolute Gasteiger partial charge is 0.251 e. The van der Waals surface area contributed by atoms with Gasteiger partial charge < -0.3 is 16.4 Å². The number of pyridine rings is 1. The first-order valence-electron chi connectivity index (χ1n) is 6.62. The van der Waals surface area contributed by atoms with Crippen LogP contribution in [0.5, 0.6) is 0 Å². The minimum absolute atomic E-state index is 0.306. The summed E-state index contributed by atoms with van der Waals surface area (Å²) in [5.41, 5.74) is 6.79. The van der Waals surface area contributed by atoms with Crippen LogP contribution in [0.3, 0.4) is 0 Å². The second-order valence-corrected chi connectivity index (χ2v) is 4.83. The Morgan fingerprint density at radius 3 is 3.00 bits per heavy atom. The number of primary amides is 1. The number of nitrogens with one attached hydrogen (secondary N) is 2. The van der Waals surface area contributed by atoms with Gasteiger partial charge in [-0.3, -0.25) is 9.78 Å². The van der Waals surface area contributed by atoms with Gasteiger partial charge in [-0.1, -0.05) is 0 Å². The lowest BCUT2D eigenvalue weighted by Crippen LogP contribution is -2.38. The van der Waals surface area contributed by atoms with Crippen molar-refractivity contribution in [1.29, 1.82) is 0 Å². The quantitative estimate of drug-likeness (QED) is 0.741. The van der Waals surface area contributed by atoms with Crippen LogP contribution in [-0.2, 0) is 0 Å². The SMILES string of the molecule is NC(=O)c1ccnc2c(NC3CCCNC3)ncnc12. The predicted molar refractivity (Wildman–Crippen MR) is 75.4 cm³/mol. The lowest BCUT2D eigenvalue weighted by Gasteiger charge is -2.24. The van der Waals surface area contributed by atoms with Crippen molar-refractivity contribution in [3.8, 4) is 0 Å². The zero-order valence-corrected chi connectivity index (χ0v) is 11.0. The van der Waals surface area contributed by atoms with Gasteiger partial charge in [0.2, 0.25) is 0 Å². The molecule has 20 heavy (non-hydrogen) atoms. The topological polar surface area (TPSA) is 106 Å². The van der Waals surface area contributed by atoms with Gasteiger partial charge in [-0.25, -0.2) is 9.97 Å². The molecule has 1 aliphatic rings. The first-order chi connectivity index (χ1) is 9.75. The Morgan fingerprint density at radius 2 is 2.25 bits per heavy atom. The maximum absolute atomic E-state index is 11.4. The van der Waals surface area contributed by atoms with Gasteiger partial charge in [0, 0.05) is 18.8 Å². The molecule has 0 radical (unpaired) electrons. The van der Waals surface area contributed by atoms with Crippen molar-refractivity contribution in [2.75, 3.05) is 18.4 Å². The molecule has 1 unspecified atom stereocenters. The van der Waals surface area contributed by atoms with Crippen molar-refractivity contribution < 1.29 is 4.79 Å². The first-order valence-corrected chi connectivity index (χ1v) is 6.62. The number of hydrogen-bond acceptors (Lipinski definition) is 6. The number of hydrogen-bond donors (Lipinski definition) is 3. The predicted octanol–water partition coefficient (Wildman–Crippen LogP) is 0.288. The average Bonchev–Trinajstić information content (AvgIpc) is 2.48. The molecule has 0 bridgehead atoms. The fourth-order valence-corrected chi connectivity index (χ4v) is 2.44. The normalized spacial score (nSPS) is 18.9. The number of aromatic nitrogens is 3. The highest BCUT2D eigenvalue weighted by molar-refractivity contribution is 6.05. The van der Waals surface area contributed by atoms with E-state index in [4.69, 9.17) is 5.73 Å². The Kier molecular flexibility index (Phi) is 3.42. The van der Waals surface area contributed by atoms with E-state index in [0.717, 1.165) is 25.9 Å². The van der Waals surface area contributed by atoms with Gasteiger partial charge in [0.05, 0.1) is 5.56 Å². The van der Waals surface area contributed by atoms with Gasteiger partial charge in [-0.15, -0.1) is 0 Å². The molecule has 1 aliphatic heterocycles. The van der Waals surface area contributed by atoms with Crippen LogP contribution >= 0.6 is 0 Å². The van der Waals surface area contributed by atoms with Crippen LogP contribution in [0.1, 0.15) is 23.2 Å². The van der Waals surface area contributed by atoms with Crippen molar-refractivity contribution in [2.45, 2.75) is 18.9 Å².